The molecule has 0 aromatic heterocycles. The molecule has 3 nitrogen and oxygen atoms in total. The summed E-state index contributed by atoms with van der Waals surface area (Å²) in [6, 6.07) is 2.24. The molecule has 70 valence electrons. The summed E-state index contributed by atoms with van der Waals surface area (Å²) in [6.45, 7) is 0. The zero-order valence-corrected chi connectivity index (χ0v) is 7.31. The Balaban J connectivity index is 3.08. The van der Waals surface area contributed by atoms with Crippen LogP contribution in [0.15, 0.2) is 12.1 Å². The molecule has 0 aliphatic heterocycles. The minimum atomic E-state index is -1.06. The van der Waals surface area contributed by atoms with E-state index >= 15 is 0 Å². The molecular formula is C8H7ClFNO2. The fraction of sp³-hybridized carbons (Fsp3) is 0.125. The zero-order valence-electron chi connectivity index (χ0n) is 6.55. The highest BCUT2D eigenvalue weighted by molar-refractivity contribution is 6.31. The number of hydrogen-bond donors (Lipinski definition) is 2. The van der Waals surface area contributed by atoms with Gasteiger partial charge in [-0.05, 0) is 17.7 Å². The molecule has 0 aliphatic rings. The van der Waals surface area contributed by atoms with Crippen molar-refractivity contribution in [3.05, 3.63) is 28.5 Å². The fourth-order valence-electron chi connectivity index (χ4n) is 0.902. The smallest absolute Gasteiger partial charge is 0.307 e. The van der Waals surface area contributed by atoms with Gasteiger partial charge in [0.1, 0.15) is 5.82 Å². The highest BCUT2D eigenvalue weighted by atomic mass is 35.5. The second-order valence-corrected chi connectivity index (χ2v) is 2.94. The van der Waals surface area contributed by atoms with Gasteiger partial charge in [0.25, 0.3) is 0 Å². The predicted octanol–water partition coefficient (Wildman–Crippen LogP) is 1.69. The van der Waals surface area contributed by atoms with Gasteiger partial charge in [-0.15, -0.1) is 0 Å². The van der Waals surface area contributed by atoms with Crippen LogP contribution in [0.4, 0.5) is 10.1 Å². The van der Waals surface area contributed by atoms with Crippen LogP contribution in [-0.4, -0.2) is 11.1 Å². The molecule has 1 aromatic rings. The maximum atomic E-state index is 12.8. The Labute approximate surface area is 78.9 Å². The first-order valence-corrected chi connectivity index (χ1v) is 3.83. The highest BCUT2D eigenvalue weighted by Crippen LogP contribution is 2.22. The van der Waals surface area contributed by atoms with E-state index in [4.69, 9.17) is 22.4 Å². The molecular weight excluding hydrogens is 197 g/mol. The molecule has 13 heavy (non-hydrogen) atoms. The number of hydrogen-bond acceptors (Lipinski definition) is 2. The van der Waals surface area contributed by atoms with Crippen LogP contribution in [0, 0.1) is 5.82 Å². The van der Waals surface area contributed by atoms with Crippen LogP contribution in [0.1, 0.15) is 5.56 Å². The summed E-state index contributed by atoms with van der Waals surface area (Å²) in [5, 5.41) is 8.61. The topological polar surface area (TPSA) is 63.3 Å². The van der Waals surface area contributed by atoms with Crippen molar-refractivity contribution in [1.29, 1.82) is 0 Å². The molecule has 0 bridgehead atoms. The normalized spacial score (nSPS) is 10.0. The number of nitrogen functional groups attached to an aromatic ring is 1. The molecule has 0 fully saturated rings. The Morgan fingerprint density at radius 2 is 2.23 bits per heavy atom. The number of rotatable bonds is 2. The van der Waals surface area contributed by atoms with E-state index in [9.17, 15) is 9.18 Å². The third-order valence-electron chi connectivity index (χ3n) is 1.51. The van der Waals surface area contributed by atoms with Gasteiger partial charge in [-0.3, -0.25) is 4.79 Å². The molecule has 0 radical (unpaired) electrons. The lowest BCUT2D eigenvalue weighted by Gasteiger charge is -2.03. The summed E-state index contributed by atoms with van der Waals surface area (Å²) >= 11 is 5.64. The van der Waals surface area contributed by atoms with Crippen LogP contribution in [-0.2, 0) is 11.2 Å². The quantitative estimate of drug-likeness (QED) is 0.719. The minimum Gasteiger partial charge on any atom is -0.481 e. The second kappa shape index (κ2) is 3.62. The Morgan fingerprint density at radius 3 is 2.77 bits per heavy atom. The largest absolute Gasteiger partial charge is 0.481 e. The van der Waals surface area contributed by atoms with E-state index in [-0.39, 0.29) is 22.7 Å². The van der Waals surface area contributed by atoms with Gasteiger partial charge in [0, 0.05) is 5.02 Å². The summed E-state index contributed by atoms with van der Waals surface area (Å²) < 4.78 is 12.8. The number of carbonyl (C=O) groups is 1. The molecule has 3 N–H and O–H groups in total. The van der Waals surface area contributed by atoms with E-state index in [1.807, 2.05) is 0 Å². The van der Waals surface area contributed by atoms with Crippen molar-refractivity contribution >= 4 is 23.3 Å². The molecule has 0 atom stereocenters. The van der Waals surface area contributed by atoms with Crippen LogP contribution in [0.25, 0.3) is 0 Å². The number of aliphatic carboxylic acids is 1. The van der Waals surface area contributed by atoms with E-state index in [0.29, 0.717) is 0 Å². The van der Waals surface area contributed by atoms with Crippen LogP contribution < -0.4 is 5.73 Å². The van der Waals surface area contributed by atoms with Crippen molar-refractivity contribution in [1.82, 2.24) is 0 Å². The summed E-state index contributed by atoms with van der Waals surface area (Å²) in [4.78, 5) is 10.3. The Bertz CT molecular complexity index is 354. The number of carboxylic acids is 1. The van der Waals surface area contributed by atoms with Crippen molar-refractivity contribution in [2.45, 2.75) is 6.42 Å². The first-order valence-electron chi connectivity index (χ1n) is 3.46. The number of nitrogens with two attached hydrogens (primary N) is 1. The summed E-state index contributed by atoms with van der Waals surface area (Å²) in [7, 11) is 0. The summed E-state index contributed by atoms with van der Waals surface area (Å²) in [5.74, 6) is -1.72. The van der Waals surface area contributed by atoms with E-state index in [0.717, 1.165) is 6.07 Å². The van der Waals surface area contributed by atoms with Gasteiger partial charge in [-0.1, -0.05) is 11.6 Å². The average Bonchev–Trinajstić information content (AvgIpc) is 1.99. The van der Waals surface area contributed by atoms with Crippen molar-refractivity contribution < 1.29 is 14.3 Å². The third kappa shape index (κ3) is 2.32. The molecule has 0 aliphatic carbocycles. The van der Waals surface area contributed by atoms with Gasteiger partial charge in [0.2, 0.25) is 0 Å². The van der Waals surface area contributed by atoms with Gasteiger partial charge < -0.3 is 10.8 Å². The first-order chi connectivity index (χ1) is 6.00. The van der Waals surface area contributed by atoms with Crippen molar-refractivity contribution in [3.63, 3.8) is 0 Å². The number of carboxylic acid groups (broad SMARTS) is 1. The molecule has 0 spiro atoms. The number of halogens is 2. The molecule has 0 amide bonds. The maximum absolute atomic E-state index is 12.8. The molecule has 5 heteroatoms. The van der Waals surface area contributed by atoms with E-state index in [2.05, 4.69) is 0 Å². The maximum Gasteiger partial charge on any atom is 0.307 e. The summed E-state index contributed by atoms with van der Waals surface area (Å²) in [6.07, 6.45) is -0.309. The average molecular weight is 204 g/mol. The van der Waals surface area contributed by atoms with Gasteiger partial charge >= 0.3 is 5.97 Å². The molecule has 0 heterocycles. The van der Waals surface area contributed by atoms with Gasteiger partial charge in [0.05, 0.1) is 12.1 Å². The van der Waals surface area contributed by atoms with Gasteiger partial charge in [0.15, 0.2) is 0 Å². The second-order valence-electron chi connectivity index (χ2n) is 2.54. The molecule has 0 unspecified atom stereocenters. The fourth-order valence-corrected chi connectivity index (χ4v) is 1.14. The van der Waals surface area contributed by atoms with Crippen molar-refractivity contribution in [3.8, 4) is 0 Å². The Morgan fingerprint density at radius 1 is 1.62 bits per heavy atom. The third-order valence-corrected chi connectivity index (χ3v) is 1.86. The summed E-state index contributed by atoms with van der Waals surface area (Å²) in [5.41, 5.74) is 5.35. The first kappa shape index (κ1) is 9.80. The highest BCUT2D eigenvalue weighted by Gasteiger charge is 2.09. The lowest BCUT2D eigenvalue weighted by molar-refractivity contribution is -0.136. The zero-order chi connectivity index (χ0) is 10.0. The molecule has 0 saturated heterocycles. The molecule has 1 rings (SSSR count). The number of anilines is 1. The lowest BCUT2D eigenvalue weighted by Crippen LogP contribution is -2.02. The Hall–Kier alpha value is -1.29. The van der Waals surface area contributed by atoms with Crippen molar-refractivity contribution in [2.24, 2.45) is 0 Å². The van der Waals surface area contributed by atoms with Crippen LogP contribution in [0.5, 0.6) is 0 Å². The van der Waals surface area contributed by atoms with Gasteiger partial charge in [-0.25, -0.2) is 4.39 Å². The minimum absolute atomic E-state index is 0.0841. The molecule has 1 aromatic carbocycles. The van der Waals surface area contributed by atoms with E-state index in [1.54, 1.807) is 0 Å². The molecule has 0 saturated carbocycles. The van der Waals surface area contributed by atoms with E-state index in [1.165, 1.54) is 6.07 Å². The SMILES string of the molecule is Nc1cc(Cl)c(CC(=O)O)cc1F. The monoisotopic (exact) mass is 203 g/mol. The lowest BCUT2D eigenvalue weighted by atomic mass is 10.1. The van der Waals surface area contributed by atoms with Crippen LogP contribution in [0.3, 0.4) is 0 Å². The van der Waals surface area contributed by atoms with Gasteiger partial charge in [-0.2, -0.15) is 0 Å². The standard InChI is InChI=1S/C8H7ClFNO2/c9-5-3-7(11)6(10)1-4(5)2-8(12)13/h1,3H,2,11H2,(H,12,13). The number of benzene rings is 1. The van der Waals surface area contributed by atoms with Crippen LogP contribution >= 0.6 is 11.6 Å². The Kier molecular flexibility index (Phi) is 2.72. The predicted molar refractivity (Wildman–Crippen MR) is 47.2 cm³/mol. The van der Waals surface area contributed by atoms with Crippen molar-refractivity contribution in [2.75, 3.05) is 5.73 Å². The van der Waals surface area contributed by atoms with Crippen LogP contribution in [0.2, 0.25) is 5.02 Å². The van der Waals surface area contributed by atoms with E-state index < -0.39 is 11.8 Å².